The van der Waals surface area contributed by atoms with Crippen molar-refractivity contribution in [2.45, 2.75) is 51.2 Å². The van der Waals surface area contributed by atoms with Gasteiger partial charge in [0.25, 0.3) is 0 Å². The average molecular weight is 266 g/mol. The lowest BCUT2D eigenvalue weighted by atomic mass is 9.98. The second kappa shape index (κ2) is 6.55. The zero-order valence-electron chi connectivity index (χ0n) is 12.3. The van der Waals surface area contributed by atoms with E-state index in [1.54, 1.807) is 0 Å². The molecule has 0 saturated carbocycles. The molecule has 4 heteroatoms. The van der Waals surface area contributed by atoms with Gasteiger partial charge in [0.15, 0.2) is 0 Å². The largest absolute Gasteiger partial charge is 0.465 e. The van der Waals surface area contributed by atoms with Crippen molar-refractivity contribution >= 4 is 0 Å². The Kier molecular flexibility index (Phi) is 5.02. The molecule has 108 valence electrons. The Morgan fingerprint density at radius 1 is 1.37 bits per heavy atom. The number of hydrogen-bond acceptors (Lipinski definition) is 4. The van der Waals surface area contributed by atoms with E-state index in [0.29, 0.717) is 6.04 Å². The first-order valence-electron chi connectivity index (χ1n) is 7.25. The van der Waals surface area contributed by atoms with Gasteiger partial charge in [0.2, 0.25) is 0 Å². The van der Waals surface area contributed by atoms with Crippen molar-refractivity contribution in [1.82, 2.24) is 4.90 Å². The van der Waals surface area contributed by atoms with E-state index in [-0.39, 0.29) is 12.1 Å². The van der Waals surface area contributed by atoms with Crippen molar-refractivity contribution in [3.05, 3.63) is 23.7 Å². The van der Waals surface area contributed by atoms with Crippen molar-refractivity contribution in [3.8, 4) is 0 Å². The molecule has 1 saturated heterocycles. The molecular formula is C15H26N2O2. The maximum absolute atomic E-state index is 6.33. The van der Waals surface area contributed by atoms with Crippen LogP contribution in [-0.4, -0.2) is 37.2 Å². The fourth-order valence-electron chi connectivity index (χ4n) is 2.87. The molecule has 2 N–H and O–H groups in total. The molecule has 0 aromatic carbocycles. The van der Waals surface area contributed by atoms with Crippen LogP contribution in [0.3, 0.4) is 0 Å². The number of hydrogen-bond donors (Lipinski definition) is 1. The first-order chi connectivity index (χ1) is 9.13. The Bertz CT molecular complexity index is 385. The summed E-state index contributed by atoms with van der Waals surface area (Å²) in [6.07, 6.45) is 3.09. The highest BCUT2D eigenvalue weighted by atomic mass is 16.5. The lowest BCUT2D eigenvalue weighted by Gasteiger charge is -2.38. The molecule has 2 heterocycles. The molecule has 1 aliphatic rings. The number of ether oxygens (including phenoxy) is 1. The highest BCUT2D eigenvalue weighted by Gasteiger charge is 2.31. The minimum absolute atomic E-state index is 0.0957. The molecule has 1 fully saturated rings. The third-order valence-corrected chi connectivity index (χ3v) is 4.14. The van der Waals surface area contributed by atoms with E-state index < -0.39 is 0 Å². The van der Waals surface area contributed by atoms with Gasteiger partial charge in [-0.2, -0.15) is 0 Å². The monoisotopic (exact) mass is 266 g/mol. The Morgan fingerprint density at radius 3 is 2.58 bits per heavy atom. The highest BCUT2D eigenvalue weighted by molar-refractivity contribution is 5.12. The lowest BCUT2D eigenvalue weighted by molar-refractivity contribution is 0.0190. The van der Waals surface area contributed by atoms with Crippen molar-refractivity contribution < 1.29 is 9.15 Å². The Morgan fingerprint density at radius 2 is 2.05 bits per heavy atom. The summed E-state index contributed by atoms with van der Waals surface area (Å²) in [5.41, 5.74) is 6.33. The van der Waals surface area contributed by atoms with Crippen LogP contribution in [0.15, 0.2) is 16.5 Å². The van der Waals surface area contributed by atoms with Crippen molar-refractivity contribution in [2.24, 2.45) is 5.73 Å². The number of nitrogens with two attached hydrogens (primary N) is 1. The summed E-state index contributed by atoms with van der Waals surface area (Å²) < 4.78 is 11.3. The third kappa shape index (κ3) is 3.38. The molecule has 0 bridgehead atoms. The fourth-order valence-corrected chi connectivity index (χ4v) is 2.87. The van der Waals surface area contributed by atoms with Crippen molar-refractivity contribution in [3.63, 3.8) is 0 Å². The minimum atomic E-state index is 0.0957. The first kappa shape index (κ1) is 14.6. The van der Waals surface area contributed by atoms with Gasteiger partial charge in [0, 0.05) is 25.3 Å². The van der Waals surface area contributed by atoms with Crippen molar-refractivity contribution in [1.29, 1.82) is 0 Å². The third-order valence-electron chi connectivity index (χ3n) is 4.14. The fraction of sp³-hybridized carbons (Fsp3) is 0.733. The molecule has 19 heavy (non-hydrogen) atoms. The molecule has 0 radical (unpaired) electrons. The minimum Gasteiger partial charge on any atom is -0.465 e. The van der Waals surface area contributed by atoms with Crippen LogP contribution in [0.25, 0.3) is 0 Å². The Balaban J connectivity index is 2.16. The van der Waals surface area contributed by atoms with E-state index in [9.17, 15) is 0 Å². The first-order valence-corrected chi connectivity index (χ1v) is 7.25. The molecule has 0 amide bonds. The molecular weight excluding hydrogens is 240 g/mol. The second-order valence-corrected chi connectivity index (χ2v) is 5.47. The van der Waals surface area contributed by atoms with E-state index >= 15 is 0 Å². The molecule has 2 atom stereocenters. The van der Waals surface area contributed by atoms with E-state index in [1.165, 1.54) is 0 Å². The predicted molar refractivity (Wildman–Crippen MR) is 76.1 cm³/mol. The van der Waals surface area contributed by atoms with Gasteiger partial charge in [-0.3, -0.25) is 4.90 Å². The van der Waals surface area contributed by atoms with Crippen LogP contribution < -0.4 is 5.73 Å². The summed E-state index contributed by atoms with van der Waals surface area (Å²) >= 11 is 0. The van der Waals surface area contributed by atoms with Crippen LogP contribution in [0.4, 0.5) is 0 Å². The molecule has 1 aliphatic heterocycles. The molecule has 2 unspecified atom stereocenters. The highest BCUT2D eigenvalue weighted by Crippen LogP contribution is 2.29. The SMILES string of the molecule is CCC(N)C(c1ccc(C)o1)N(C)C1CCOCC1. The van der Waals surface area contributed by atoms with E-state index in [4.69, 9.17) is 14.9 Å². The summed E-state index contributed by atoms with van der Waals surface area (Å²) in [5, 5.41) is 0. The zero-order valence-corrected chi connectivity index (χ0v) is 12.3. The van der Waals surface area contributed by atoms with Gasteiger partial charge in [-0.1, -0.05) is 6.92 Å². The molecule has 1 aromatic rings. The maximum atomic E-state index is 6.33. The predicted octanol–water partition coefficient (Wildman–Crippen LogP) is 2.48. The number of aryl methyl sites for hydroxylation is 1. The number of likely N-dealkylation sites (N-methyl/N-ethyl adjacent to an activating group) is 1. The standard InChI is InChI=1S/C15H26N2O2/c1-4-13(16)15(14-6-5-11(2)19-14)17(3)12-7-9-18-10-8-12/h5-6,12-13,15H,4,7-10,16H2,1-3H3. The van der Waals surface area contributed by atoms with Gasteiger partial charge in [-0.25, -0.2) is 0 Å². The summed E-state index contributed by atoms with van der Waals surface area (Å²) in [5.74, 6) is 1.93. The molecule has 4 nitrogen and oxygen atoms in total. The summed E-state index contributed by atoms with van der Waals surface area (Å²) in [6.45, 7) is 5.80. The smallest absolute Gasteiger partial charge is 0.122 e. The van der Waals surface area contributed by atoms with Crippen molar-refractivity contribution in [2.75, 3.05) is 20.3 Å². The van der Waals surface area contributed by atoms with Gasteiger partial charge in [0.05, 0.1) is 6.04 Å². The van der Waals surface area contributed by atoms with Gasteiger partial charge in [0.1, 0.15) is 11.5 Å². The number of rotatable bonds is 5. The lowest BCUT2D eigenvalue weighted by Crippen LogP contribution is -2.45. The van der Waals surface area contributed by atoms with Gasteiger partial charge < -0.3 is 14.9 Å². The van der Waals surface area contributed by atoms with Crippen LogP contribution in [-0.2, 0) is 4.74 Å². The summed E-state index contributed by atoms with van der Waals surface area (Å²) in [4.78, 5) is 2.38. The normalized spacial score (nSPS) is 20.7. The topological polar surface area (TPSA) is 51.6 Å². The second-order valence-electron chi connectivity index (χ2n) is 5.47. The maximum Gasteiger partial charge on any atom is 0.122 e. The molecule has 0 spiro atoms. The van der Waals surface area contributed by atoms with Crippen LogP contribution in [0.1, 0.15) is 43.7 Å². The van der Waals surface area contributed by atoms with Crippen LogP contribution in [0.2, 0.25) is 0 Å². The zero-order chi connectivity index (χ0) is 13.8. The van der Waals surface area contributed by atoms with Crippen LogP contribution in [0.5, 0.6) is 0 Å². The summed E-state index contributed by atoms with van der Waals surface area (Å²) in [6, 6.07) is 4.86. The Labute approximate surface area is 115 Å². The molecule has 0 aliphatic carbocycles. The van der Waals surface area contributed by atoms with Crippen LogP contribution in [0, 0.1) is 6.92 Å². The van der Waals surface area contributed by atoms with Crippen LogP contribution >= 0.6 is 0 Å². The molecule has 1 aromatic heterocycles. The van der Waals surface area contributed by atoms with Gasteiger partial charge in [-0.15, -0.1) is 0 Å². The number of nitrogens with zero attached hydrogens (tertiary/aromatic N) is 1. The van der Waals surface area contributed by atoms with Gasteiger partial charge in [-0.05, 0) is 45.4 Å². The van der Waals surface area contributed by atoms with Gasteiger partial charge >= 0.3 is 0 Å². The van der Waals surface area contributed by atoms with E-state index in [2.05, 4.69) is 24.9 Å². The number of furan rings is 1. The molecule has 2 rings (SSSR count). The quantitative estimate of drug-likeness (QED) is 0.889. The summed E-state index contributed by atoms with van der Waals surface area (Å²) in [7, 11) is 2.16. The average Bonchev–Trinajstić information content (AvgIpc) is 2.86. The van der Waals surface area contributed by atoms with E-state index in [1.807, 2.05) is 13.0 Å². The van der Waals surface area contributed by atoms with E-state index in [0.717, 1.165) is 44.0 Å². The Hall–Kier alpha value is -0.840.